The van der Waals surface area contributed by atoms with Crippen molar-refractivity contribution in [1.29, 1.82) is 0 Å². The van der Waals surface area contributed by atoms with Gasteiger partial charge in [0.15, 0.2) is 0 Å². The van der Waals surface area contributed by atoms with Crippen molar-refractivity contribution in [3.8, 4) is 5.69 Å². The molecule has 0 amide bonds. The highest BCUT2D eigenvalue weighted by molar-refractivity contribution is 7.99. The van der Waals surface area contributed by atoms with Crippen molar-refractivity contribution >= 4 is 11.8 Å². The normalized spacial score (nSPS) is 11.7. The monoisotopic (exact) mass is 277 g/mol. The molecule has 0 saturated heterocycles. The van der Waals surface area contributed by atoms with Gasteiger partial charge in [-0.3, -0.25) is 0 Å². The molecule has 19 heavy (non-hydrogen) atoms. The van der Waals surface area contributed by atoms with Crippen molar-refractivity contribution in [3.05, 3.63) is 36.7 Å². The smallest absolute Gasteiger partial charge is 0.208 e. The fourth-order valence-electron chi connectivity index (χ4n) is 1.67. The quantitative estimate of drug-likeness (QED) is 0.825. The van der Waals surface area contributed by atoms with Crippen LogP contribution in [0.1, 0.15) is 26.7 Å². The fraction of sp³-hybridized carbons (Fsp3) is 0.429. The Labute approximate surface area is 117 Å². The topological polar surface area (TPSA) is 50.9 Å². The Morgan fingerprint density at radius 1 is 1.21 bits per heavy atom. The van der Waals surface area contributed by atoms with E-state index in [1.54, 1.807) is 11.0 Å². The van der Waals surface area contributed by atoms with Gasteiger partial charge in [0.25, 0.3) is 0 Å². The van der Waals surface area contributed by atoms with Crippen molar-refractivity contribution in [1.82, 2.24) is 14.8 Å². The second kappa shape index (κ2) is 6.21. The van der Waals surface area contributed by atoms with Crippen molar-refractivity contribution in [3.63, 3.8) is 0 Å². The molecule has 0 spiro atoms. The average Bonchev–Trinajstić information content (AvgIpc) is 2.95. The number of para-hydroxylation sites is 1. The van der Waals surface area contributed by atoms with Crippen molar-refractivity contribution < 1.29 is 5.11 Å². The zero-order valence-electron chi connectivity index (χ0n) is 11.3. The van der Waals surface area contributed by atoms with Gasteiger partial charge >= 0.3 is 0 Å². The molecule has 0 bridgehead atoms. The lowest BCUT2D eigenvalue weighted by atomic mass is 10.0. The van der Waals surface area contributed by atoms with Gasteiger partial charge in [-0.15, -0.1) is 5.10 Å². The van der Waals surface area contributed by atoms with Gasteiger partial charge < -0.3 is 5.11 Å². The van der Waals surface area contributed by atoms with Crippen LogP contribution < -0.4 is 0 Å². The molecular formula is C14H19N3OS. The van der Waals surface area contributed by atoms with Gasteiger partial charge in [0, 0.05) is 5.75 Å². The summed E-state index contributed by atoms with van der Waals surface area (Å²) in [7, 11) is 0. The summed E-state index contributed by atoms with van der Waals surface area (Å²) in [5.74, 6) is 0.624. The van der Waals surface area contributed by atoms with Crippen LogP contribution in [-0.4, -0.2) is 31.2 Å². The standard InChI is InChI=1S/C14H19N3OS/c1-3-14(18,4-2)10-19-13-15-11-17(16-13)12-8-6-5-7-9-12/h5-9,11,18H,3-4,10H2,1-2H3. The molecule has 4 nitrogen and oxygen atoms in total. The lowest BCUT2D eigenvalue weighted by molar-refractivity contribution is 0.0571. The van der Waals surface area contributed by atoms with Crippen LogP contribution in [0.2, 0.25) is 0 Å². The second-order valence-corrected chi connectivity index (χ2v) is 5.47. The zero-order chi connectivity index (χ0) is 13.7. The van der Waals surface area contributed by atoms with Crippen molar-refractivity contribution in [2.75, 3.05) is 5.75 Å². The predicted molar refractivity (Wildman–Crippen MR) is 77.6 cm³/mol. The minimum absolute atomic E-state index is 0.622. The highest BCUT2D eigenvalue weighted by atomic mass is 32.2. The Balaban J connectivity index is 2.02. The molecule has 0 radical (unpaired) electrons. The minimum Gasteiger partial charge on any atom is -0.389 e. The maximum Gasteiger partial charge on any atom is 0.208 e. The Hall–Kier alpha value is -1.33. The number of rotatable bonds is 6. The van der Waals surface area contributed by atoms with Gasteiger partial charge in [0.2, 0.25) is 5.16 Å². The van der Waals surface area contributed by atoms with Gasteiger partial charge in [-0.1, -0.05) is 43.8 Å². The fourth-order valence-corrected chi connectivity index (χ4v) is 2.75. The summed E-state index contributed by atoms with van der Waals surface area (Å²) < 4.78 is 1.75. The maximum atomic E-state index is 10.2. The van der Waals surface area contributed by atoms with E-state index >= 15 is 0 Å². The third-order valence-electron chi connectivity index (χ3n) is 3.28. The number of thioether (sulfide) groups is 1. The SMILES string of the molecule is CCC(O)(CC)CSc1ncn(-c2ccccc2)n1. The summed E-state index contributed by atoms with van der Waals surface area (Å²) in [5, 5.41) is 15.3. The van der Waals surface area contributed by atoms with Crippen LogP contribution in [-0.2, 0) is 0 Å². The first-order valence-electron chi connectivity index (χ1n) is 6.49. The highest BCUT2D eigenvalue weighted by Gasteiger charge is 2.23. The molecule has 0 aliphatic heterocycles. The number of aliphatic hydroxyl groups is 1. The van der Waals surface area contributed by atoms with Crippen LogP contribution >= 0.6 is 11.8 Å². The summed E-state index contributed by atoms with van der Waals surface area (Å²) >= 11 is 1.50. The first-order chi connectivity index (χ1) is 9.17. The second-order valence-electron chi connectivity index (χ2n) is 4.53. The number of benzene rings is 1. The van der Waals surface area contributed by atoms with Crippen molar-refractivity contribution in [2.45, 2.75) is 37.4 Å². The Kier molecular flexibility index (Phi) is 4.61. The molecule has 1 heterocycles. The van der Waals surface area contributed by atoms with E-state index in [1.165, 1.54) is 11.8 Å². The molecule has 0 atom stereocenters. The minimum atomic E-state index is -0.622. The van der Waals surface area contributed by atoms with Gasteiger partial charge in [0.1, 0.15) is 6.33 Å². The molecule has 2 rings (SSSR count). The van der Waals surface area contributed by atoms with Crippen LogP contribution in [0.4, 0.5) is 0 Å². The molecule has 0 saturated carbocycles. The molecule has 2 aromatic rings. The van der Waals surface area contributed by atoms with Gasteiger partial charge in [-0.2, -0.15) is 0 Å². The Morgan fingerprint density at radius 3 is 2.53 bits per heavy atom. The van der Waals surface area contributed by atoms with Gasteiger partial charge in [-0.25, -0.2) is 9.67 Å². The summed E-state index contributed by atoms with van der Waals surface area (Å²) in [6, 6.07) is 9.88. The number of aromatic nitrogens is 3. The molecule has 5 heteroatoms. The van der Waals surface area contributed by atoms with Crippen LogP contribution in [0.3, 0.4) is 0 Å². The Morgan fingerprint density at radius 2 is 1.89 bits per heavy atom. The van der Waals surface area contributed by atoms with E-state index in [0.717, 1.165) is 18.5 Å². The van der Waals surface area contributed by atoms with E-state index in [1.807, 2.05) is 44.2 Å². The highest BCUT2D eigenvalue weighted by Crippen LogP contribution is 2.24. The largest absolute Gasteiger partial charge is 0.389 e. The Bertz CT molecular complexity index is 508. The first kappa shape index (κ1) is 14.1. The molecule has 102 valence electrons. The molecule has 0 aliphatic carbocycles. The van der Waals surface area contributed by atoms with E-state index in [4.69, 9.17) is 0 Å². The molecular weight excluding hydrogens is 258 g/mol. The summed E-state index contributed by atoms with van der Waals surface area (Å²) in [6.45, 7) is 4.00. The van der Waals surface area contributed by atoms with E-state index in [2.05, 4.69) is 10.1 Å². The summed E-state index contributed by atoms with van der Waals surface area (Å²) in [6.07, 6.45) is 3.19. The predicted octanol–water partition coefficient (Wildman–Crippen LogP) is 2.91. The average molecular weight is 277 g/mol. The van der Waals surface area contributed by atoms with Crippen molar-refractivity contribution in [2.24, 2.45) is 0 Å². The summed E-state index contributed by atoms with van der Waals surface area (Å²) in [5.41, 5.74) is 0.367. The van der Waals surface area contributed by atoms with Crippen LogP contribution in [0.25, 0.3) is 5.69 Å². The van der Waals surface area contributed by atoms with E-state index in [0.29, 0.717) is 10.9 Å². The van der Waals surface area contributed by atoms with E-state index < -0.39 is 5.60 Å². The third-order valence-corrected chi connectivity index (χ3v) is 4.40. The maximum absolute atomic E-state index is 10.2. The van der Waals surface area contributed by atoms with Crippen LogP contribution in [0, 0.1) is 0 Å². The first-order valence-corrected chi connectivity index (χ1v) is 7.47. The molecule has 1 aromatic heterocycles. The van der Waals surface area contributed by atoms with E-state index in [9.17, 15) is 5.11 Å². The van der Waals surface area contributed by atoms with Gasteiger partial charge in [-0.05, 0) is 25.0 Å². The molecule has 0 fully saturated rings. The lowest BCUT2D eigenvalue weighted by Gasteiger charge is -2.23. The molecule has 0 unspecified atom stereocenters. The molecule has 0 aliphatic rings. The van der Waals surface area contributed by atoms with Gasteiger partial charge in [0.05, 0.1) is 11.3 Å². The third kappa shape index (κ3) is 3.58. The zero-order valence-corrected chi connectivity index (χ0v) is 12.1. The lowest BCUT2D eigenvalue weighted by Crippen LogP contribution is -2.29. The number of nitrogens with zero attached hydrogens (tertiary/aromatic N) is 3. The number of hydrogen-bond donors (Lipinski definition) is 1. The number of hydrogen-bond acceptors (Lipinski definition) is 4. The molecule has 1 aromatic carbocycles. The van der Waals surface area contributed by atoms with Crippen LogP contribution in [0.5, 0.6) is 0 Å². The molecule has 1 N–H and O–H groups in total. The van der Waals surface area contributed by atoms with Crippen LogP contribution in [0.15, 0.2) is 41.8 Å². The summed E-state index contributed by atoms with van der Waals surface area (Å²) in [4.78, 5) is 4.27. The van der Waals surface area contributed by atoms with E-state index in [-0.39, 0.29) is 0 Å².